The molecular weight excluding hydrogens is 228 g/mol. The monoisotopic (exact) mass is 241 g/mol. The Hall–Kier alpha value is -1.49. The number of benzene rings is 1. The lowest BCUT2D eigenvalue weighted by molar-refractivity contribution is -0.138. The second-order valence-electron chi connectivity index (χ2n) is 4.32. The molecule has 17 heavy (non-hydrogen) atoms. The van der Waals surface area contributed by atoms with E-state index in [9.17, 15) is 13.6 Å². The minimum Gasteiger partial charge on any atom is -0.481 e. The molecule has 1 saturated carbocycles. The molecule has 2 unspecified atom stereocenters. The van der Waals surface area contributed by atoms with Gasteiger partial charge in [-0.15, -0.1) is 0 Å². The van der Waals surface area contributed by atoms with E-state index in [1.54, 1.807) is 0 Å². The van der Waals surface area contributed by atoms with E-state index in [0.717, 1.165) is 12.1 Å². The average molecular weight is 241 g/mol. The second kappa shape index (κ2) is 4.79. The molecule has 0 heterocycles. The summed E-state index contributed by atoms with van der Waals surface area (Å²) < 4.78 is 25.5. The third-order valence-electron chi connectivity index (χ3n) is 2.96. The number of rotatable bonds is 5. The molecule has 0 aromatic heterocycles. The Balaban J connectivity index is 1.75. The van der Waals surface area contributed by atoms with Crippen LogP contribution in [-0.2, 0) is 11.3 Å². The molecule has 0 radical (unpaired) electrons. The number of nitrogens with one attached hydrogen (secondary N) is 1. The summed E-state index contributed by atoms with van der Waals surface area (Å²) >= 11 is 0. The summed E-state index contributed by atoms with van der Waals surface area (Å²) in [7, 11) is 0. The number of aliphatic carboxylic acids is 1. The largest absolute Gasteiger partial charge is 0.481 e. The van der Waals surface area contributed by atoms with Crippen molar-refractivity contribution in [1.82, 2.24) is 5.32 Å². The highest BCUT2D eigenvalue weighted by Gasteiger charge is 2.42. The molecule has 5 heteroatoms. The first-order valence-electron chi connectivity index (χ1n) is 5.45. The summed E-state index contributed by atoms with van der Waals surface area (Å²) in [5.41, 5.74) is 0.649. The van der Waals surface area contributed by atoms with Gasteiger partial charge in [0.05, 0.1) is 5.92 Å². The zero-order chi connectivity index (χ0) is 12.4. The number of carboxylic acid groups (broad SMARTS) is 1. The SMILES string of the molecule is O=C(O)C1CC1CNCc1ccc(F)c(F)c1. The van der Waals surface area contributed by atoms with E-state index in [1.165, 1.54) is 6.07 Å². The fourth-order valence-corrected chi connectivity index (χ4v) is 1.83. The molecule has 92 valence electrons. The summed E-state index contributed by atoms with van der Waals surface area (Å²) in [6.07, 6.45) is 0.695. The van der Waals surface area contributed by atoms with Crippen molar-refractivity contribution < 1.29 is 18.7 Å². The van der Waals surface area contributed by atoms with Gasteiger partial charge in [-0.05, 0) is 36.6 Å². The molecular formula is C12H13F2NO2. The number of hydrogen-bond donors (Lipinski definition) is 2. The van der Waals surface area contributed by atoms with Crippen LogP contribution in [0.4, 0.5) is 8.78 Å². The van der Waals surface area contributed by atoms with E-state index in [2.05, 4.69) is 5.32 Å². The van der Waals surface area contributed by atoms with Gasteiger partial charge in [-0.2, -0.15) is 0 Å². The van der Waals surface area contributed by atoms with Crippen LogP contribution in [0, 0.1) is 23.5 Å². The van der Waals surface area contributed by atoms with Gasteiger partial charge in [0.2, 0.25) is 0 Å². The fourth-order valence-electron chi connectivity index (χ4n) is 1.83. The minimum absolute atomic E-state index is 0.165. The van der Waals surface area contributed by atoms with Crippen LogP contribution >= 0.6 is 0 Å². The summed E-state index contributed by atoms with van der Waals surface area (Å²) in [4.78, 5) is 10.6. The Morgan fingerprint density at radius 2 is 2.18 bits per heavy atom. The molecule has 1 aromatic carbocycles. The van der Waals surface area contributed by atoms with E-state index in [-0.39, 0.29) is 11.8 Å². The number of halogens is 2. The van der Waals surface area contributed by atoms with Crippen LogP contribution in [-0.4, -0.2) is 17.6 Å². The number of carbonyl (C=O) groups is 1. The number of carboxylic acids is 1. The first-order valence-corrected chi connectivity index (χ1v) is 5.45. The highest BCUT2D eigenvalue weighted by atomic mass is 19.2. The summed E-state index contributed by atoms with van der Waals surface area (Å²) in [5.74, 6) is -2.56. The van der Waals surface area contributed by atoms with Gasteiger partial charge in [0.15, 0.2) is 11.6 Å². The zero-order valence-electron chi connectivity index (χ0n) is 9.12. The van der Waals surface area contributed by atoms with Crippen LogP contribution in [0.15, 0.2) is 18.2 Å². The van der Waals surface area contributed by atoms with Crippen molar-refractivity contribution in [1.29, 1.82) is 0 Å². The lowest BCUT2D eigenvalue weighted by atomic mass is 10.2. The molecule has 0 aliphatic heterocycles. The Labute approximate surface area is 97.5 Å². The van der Waals surface area contributed by atoms with E-state index in [1.807, 2.05) is 0 Å². The van der Waals surface area contributed by atoms with Crippen molar-refractivity contribution in [2.75, 3.05) is 6.54 Å². The van der Waals surface area contributed by atoms with Crippen molar-refractivity contribution in [3.63, 3.8) is 0 Å². The quantitative estimate of drug-likeness (QED) is 0.826. The highest BCUT2D eigenvalue weighted by Crippen LogP contribution is 2.37. The summed E-state index contributed by atoms with van der Waals surface area (Å²) in [5, 5.41) is 11.7. The topological polar surface area (TPSA) is 49.3 Å². The molecule has 1 fully saturated rings. The fraction of sp³-hybridized carbons (Fsp3) is 0.417. The molecule has 1 aliphatic carbocycles. The lowest BCUT2D eigenvalue weighted by Gasteiger charge is -2.04. The van der Waals surface area contributed by atoms with Gasteiger partial charge in [-0.1, -0.05) is 6.07 Å². The Bertz CT molecular complexity index is 437. The average Bonchev–Trinajstić information content (AvgIpc) is 3.03. The third kappa shape index (κ3) is 3.00. The minimum atomic E-state index is -0.862. The van der Waals surface area contributed by atoms with Crippen molar-refractivity contribution in [3.8, 4) is 0 Å². The maximum atomic E-state index is 12.9. The van der Waals surface area contributed by atoms with Crippen LogP contribution in [0.2, 0.25) is 0 Å². The first-order chi connectivity index (χ1) is 8.08. The van der Waals surface area contributed by atoms with Gasteiger partial charge in [-0.25, -0.2) is 8.78 Å². The van der Waals surface area contributed by atoms with Gasteiger partial charge in [-0.3, -0.25) is 4.79 Å². The predicted molar refractivity (Wildman–Crippen MR) is 57.3 cm³/mol. The van der Waals surface area contributed by atoms with E-state index in [4.69, 9.17) is 5.11 Å². The van der Waals surface area contributed by atoms with E-state index >= 15 is 0 Å². The predicted octanol–water partition coefficient (Wildman–Crippen LogP) is 1.78. The Morgan fingerprint density at radius 1 is 1.41 bits per heavy atom. The van der Waals surface area contributed by atoms with Crippen LogP contribution < -0.4 is 5.32 Å². The summed E-state index contributed by atoms with van der Waals surface area (Å²) in [6.45, 7) is 1.01. The molecule has 2 N–H and O–H groups in total. The molecule has 2 rings (SSSR count). The molecule has 1 aromatic rings. The van der Waals surface area contributed by atoms with Gasteiger partial charge in [0.25, 0.3) is 0 Å². The maximum absolute atomic E-state index is 12.9. The van der Waals surface area contributed by atoms with Crippen molar-refractivity contribution in [2.24, 2.45) is 11.8 Å². The third-order valence-corrected chi connectivity index (χ3v) is 2.96. The molecule has 0 saturated heterocycles. The maximum Gasteiger partial charge on any atom is 0.306 e. The van der Waals surface area contributed by atoms with Crippen LogP contribution in [0.25, 0.3) is 0 Å². The number of hydrogen-bond acceptors (Lipinski definition) is 2. The zero-order valence-corrected chi connectivity index (χ0v) is 9.12. The molecule has 2 atom stereocenters. The Kier molecular flexibility index (Phi) is 3.38. The molecule has 1 aliphatic rings. The first kappa shape index (κ1) is 12.0. The molecule has 3 nitrogen and oxygen atoms in total. The van der Waals surface area contributed by atoms with Crippen molar-refractivity contribution in [2.45, 2.75) is 13.0 Å². The van der Waals surface area contributed by atoms with Crippen molar-refractivity contribution in [3.05, 3.63) is 35.4 Å². The molecule has 0 amide bonds. The highest BCUT2D eigenvalue weighted by molar-refractivity contribution is 5.73. The second-order valence-corrected chi connectivity index (χ2v) is 4.32. The van der Waals surface area contributed by atoms with Crippen LogP contribution in [0.1, 0.15) is 12.0 Å². The Morgan fingerprint density at radius 3 is 2.76 bits per heavy atom. The van der Waals surface area contributed by atoms with Gasteiger partial charge in [0, 0.05) is 6.54 Å². The van der Waals surface area contributed by atoms with E-state index < -0.39 is 17.6 Å². The molecule has 0 spiro atoms. The van der Waals surface area contributed by atoms with E-state index in [0.29, 0.717) is 25.1 Å². The van der Waals surface area contributed by atoms with Gasteiger partial charge < -0.3 is 10.4 Å². The standard InChI is InChI=1S/C12H13F2NO2/c13-10-2-1-7(3-11(10)14)5-15-6-8-4-9(8)12(16)17/h1-3,8-9,15H,4-6H2,(H,16,17). The normalized spacial score (nSPS) is 22.5. The van der Waals surface area contributed by atoms with Crippen LogP contribution in [0.3, 0.4) is 0 Å². The smallest absolute Gasteiger partial charge is 0.306 e. The van der Waals surface area contributed by atoms with Gasteiger partial charge in [0.1, 0.15) is 0 Å². The molecule has 0 bridgehead atoms. The lowest BCUT2D eigenvalue weighted by Crippen LogP contribution is -2.18. The summed E-state index contributed by atoms with van der Waals surface area (Å²) in [6, 6.07) is 3.74. The van der Waals surface area contributed by atoms with Crippen molar-refractivity contribution >= 4 is 5.97 Å². The van der Waals surface area contributed by atoms with Crippen LogP contribution in [0.5, 0.6) is 0 Å². The van der Waals surface area contributed by atoms with Gasteiger partial charge >= 0.3 is 5.97 Å².